The van der Waals surface area contributed by atoms with Crippen molar-refractivity contribution in [3.8, 4) is 5.75 Å². The number of non-ortho nitro benzene ring substituents is 1. The van der Waals surface area contributed by atoms with Gasteiger partial charge in [-0.1, -0.05) is 29.5 Å². The molecule has 1 aromatic heterocycles. The van der Waals surface area contributed by atoms with Gasteiger partial charge in [0.15, 0.2) is 0 Å². The molecule has 1 saturated heterocycles. The number of aromatic amines is 1. The van der Waals surface area contributed by atoms with Gasteiger partial charge in [0, 0.05) is 33.7 Å². The molecule has 0 spiro atoms. The van der Waals surface area contributed by atoms with Gasteiger partial charge in [0.2, 0.25) is 11.8 Å². The summed E-state index contributed by atoms with van der Waals surface area (Å²) in [5, 5.41) is 12.0. The Bertz CT molecular complexity index is 1530. The number of para-hydroxylation sites is 1. The number of thiazole rings is 1. The van der Waals surface area contributed by atoms with Crippen LogP contribution in [-0.2, 0) is 9.59 Å². The van der Waals surface area contributed by atoms with Crippen LogP contribution in [0, 0.1) is 39.7 Å². The second-order valence-corrected chi connectivity index (χ2v) is 12.2. The first-order valence-corrected chi connectivity index (χ1v) is 13.7. The molecule has 2 bridgehead atoms. The predicted molar refractivity (Wildman–Crippen MR) is 137 cm³/mol. The molecule has 2 saturated carbocycles. The van der Waals surface area contributed by atoms with Crippen molar-refractivity contribution in [2.24, 2.45) is 29.6 Å². The highest BCUT2D eigenvalue weighted by atomic mass is 32.2. The first kappa shape index (κ1) is 22.7. The molecule has 7 rings (SSSR count). The molecule has 2 aromatic carbocycles. The number of nitro benzene ring substituents is 1. The van der Waals surface area contributed by atoms with Gasteiger partial charge >= 0.3 is 4.87 Å². The van der Waals surface area contributed by atoms with Gasteiger partial charge in [0.05, 0.1) is 34.6 Å². The van der Waals surface area contributed by atoms with Crippen LogP contribution < -0.4 is 14.5 Å². The topological polar surface area (TPSA) is 123 Å². The lowest BCUT2D eigenvalue weighted by Gasteiger charge is -2.43. The fourth-order valence-corrected chi connectivity index (χ4v) is 10.1. The summed E-state index contributed by atoms with van der Waals surface area (Å²) < 4.78 is 5.71. The molecule has 0 unspecified atom stereocenters. The van der Waals surface area contributed by atoms with Crippen molar-refractivity contribution >= 4 is 46.3 Å². The van der Waals surface area contributed by atoms with E-state index in [4.69, 9.17) is 4.74 Å². The molecule has 3 heterocycles. The summed E-state index contributed by atoms with van der Waals surface area (Å²) >= 11 is 2.85. The van der Waals surface area contributed by atoms with Crippen LogP contribution in [0.5, 0.6) is 5.75 Å². The molecular formula is C26H21N3O6S2. The van der Waals surface area contributed by atoms with Gasteiger partial charge in [-0.2, -0.15) is 0 Å². The number of methoxy groups -OCH3 is 1. The minimum atomic E-state index is -0.505. The second kappa shape index (κ2) is 8.03. The summed E-state index contributed by atoms with van der Waals surface area (Å²) in [6, 6.07) is 13.4. The molecule has 4 aliphatic rings. The van der Waals surface area contributed by atoms with Gasteiger partial charge in [-0.25, -0.2) is 0 Å². The van der Waals surface area contributed by atoms with Crippen molar-refractivity contribution in [2.75, 3.05) is 12.0 Å². The molecule has 1 N–H and O–H groups in total. The first-order chi connectivity index (χ1) is 17.9. The summed E-state index contributed by atoms with van der Waals surface area (Å²) in [4.78, 5) is 55.5. The quantitative estimate of drug-likeness (QED) is 0.304. The summed E-state index contributed by atoms with van der Waals surface area (Å²) in [5.41, 5.74) is 1.27. The molecule has 3 aromatic rings. The molecule has 0 radical (unpaired) electrons. The number of imide groups is 1. The zero-order valence-corrected chi connectivity index (χ0v) is 21.2. The van der Waals surface area contributed by atoms with Crippen LogP contribution >= 0.6 is 23.1 Å². The van der Waals surface area contributed by atoms with E-state index >= 15 is 0 Å². The summed E-state index contributed by atoms with van der Waals surface area (Å²) in [6.45, 7) is 0. The maximum absolute atomic E-state index is 13.8. The molecule has 188 valence electrons. The SMILES string of the molecule is COc1ccccc1[C@H]1c2sc(=O)[nH]c2S[C@@H]2[C@@H]3C[C@@H]([C@H]4C(=O)N(c5ccc([N+](=O)[O-])cc5)C(=O)[C@H]34)[C@@H]12. The Balaban J connectivity index is 1.31. The fraction of sp³-hybridized carbons (Fsp3) is 0.346. The van der Waals surface area contributed by atoms with Crippen LogP contribution in [0.25, 0.3) is 0 Å². The Hall–Kier alpha value is -3.44. The van der Waals surface area contributed by atoms with Crippen LogP contribution in [0.3, 0.4) is 0 Å². The number of benzene rings is 2. The standard InChI is InChI=1S/C26H21N3O6S2/c1-35-16-5-3-2-4-13(16)17-18-14-10-15(21(18)36-23-22(17)37-26(32)27-23)20-19(14)24(30)28(25(20)31)11-6-8-12(9-7-11)29(33)34/h2-9,14-15,17-21H,10H2,1H3,(H,27,32)/t14-,15-,17-,18+,19-,20-,21-/m1/s1. The van der Waals surface area contributed by atoms with Crippen molar-refractivity contribution < 1.29 is 19.2 Å². The van der Waals surface area contributed by atoms with Crippen molar-refractivity contribution in [1.82, 2.24) is 4.98 Å². The minimum Gasteiger partial charge on any atom is -0.496 e. The van der Waals surface area contributed by atoms with E-state index in [1.807, 2.05) is 24.3 Å². The minimum absolute atomic E-state index is 0.00161. The lowest BCUT2D eigenvalue weighted by molar-refractivity contribution is -0.384. The van der Waals surface area contributed by atoms with Gasteiger partial charge in [-0.05, 0) is 42.4 Å². The first-order valence-electron chi connectivity index (χ1n) is 12.0. The maximum Gasteiger partial charge on any atom is 0.305 e. The number of carbonyl (C=O) groups is 2. The third kappa shape index (κ3) is 3.07. The van der Waals surface area contributed by atoms with Gasteiger partial charge < -0.3 is 9.72 Å². The fourth-order valence-electron chi connectivity index (χ4n) is 7.27. The molecular weight excluding hydrogens is 514 g/mol. The summed E-state index contributed by atoms with van der Waals surface area (Å²) in [5.74, 6) is -0.652. The van der Waals surface area contributed by atoms with Crippen molar-refractivity contribution in [3.05, 3.63) is 78.8 Å². The average Bonchev–Trinajstić information content (AvgIpc) is 3.63. The number of carbonyl (C=O) groups excluding carboxylic acids is 2. The normalized spacial score (nSPS) is 31.3. The molecule has 2 aliphatic heterocycles. The molecule has 11 heteroatoms. The van der Waals surface area contributed by atoms with Crippen LogP contribution in [-0.4, -0.2) is 34.1 Å². The van der Waals surface area contributed by atoms with E-state index < -0.39 is 16.8 Å². The lowest BCUT2D eigenvalue weighted by atomic mass is 9.68. The number of hydrogen-bond acceptors (Lipinski definition) is 8. The van der Waals surface area contributed by atoms with Crippen LogP contribution in [0.2, 0.25) is 0 Å². The van der Waals surface area contributed by atoms with Crippen LogP contribution in [0.15, 0.2) is 58.4 Å². The highest BCUT2D eigenvalue weighted by molar-refractivity contribution is 8.00. The monoisotopic (exact) mass is 535 g/mol. The Kier molecular flexibility index (Phi) is 4.93. The van der Waals surface area contributed by atoms with E-state index in [2.05, 4.69) is 4.98 Å². The number of fused-ring (bicyclic) bond motifs is 9. The Morgan fingerprint density at radius 3 is 2.43 bits per heavy atom. The number of nitrogens with zero attached hydrogens (tertiary/aromatic N) is 2. The lowest BCUT2D eigenvalue weighted by Crippen LogP contribution is -2.42. The summed E-state index contributed by atoms with van der Waals surface area (Å²) in [7, 11) is 1.63. The van der Waals surface area contributed by atoms with Gasteiger partial charge in [-0.15, -0.1) is 11.8 Å². The number of thioether (sulfide) groups is 1. The molecule has 37 heavy (non-hydrogen) atoms. The maximum atomic E-state index is 13.8. The van der Waals surface area contributed by atoms with Crippen molar-refractivity contribution in [2.45, 2.75) is 22.6 Å². The van der Waals surface area contributed by atoms with Crippen LogP contribution in [0.4, 0.5) is 11.4 Å². The number of rotatable bonds is 4. The third-order valence-corrected chi connectivity index (χ3v) is 11.1. The Labute approximate surface area is 219 Å². The number of ether oxygens (including phenoxy) is 1. The molecule has 7 atom stereocenters. The highest BCUT2D eigenvalue weighted by Crippen LogP contribution is 2.69. The molecule has 2 aliphatic carbocycles. The van der Waals surface area contributed by atoms with E-state index in [0.717, 1.165) is 27.6 Å². The predicted octanol–water partition coefficient (Wildman–Crippen LogP) is 4.03. The largest absolute Gasteiger partial charge is 0.496 e. The summed E-state index contributed by atoms with van der Waals surface area (Å²) in [6.07, 6.45) is 0.786. The zero-order valence-electron chi connectivity index (χ0n) is 19.5. The van der Waals surface area contributed by atoms with E-state index in [0.29, 0.717) is 5.69 Å². The number of anilines is 1. The van der Waals surface area contributed by atoms with Crippen LogP contribution in [0.1, 0.15) is 22.8 Å². The number of hydrogen-bond donors (Lipinski definition) is 1. The zero-order chi connectivity index (χ0) is 25.6. The van der Waals surface area contributed by atoms with E-state index in [-0.39, 0.29) is 51.3 Å². The van der Waals surface area contributed by atoms with Gasteiger partial charge in [0.25, 0.3) is 5.69 Å². The molecule has 3 fully saturated rings. The number of nitro groups is 1. The van der Waals surface area contributed by atoms with Gasteiger partial charge in [-0.3, -0.25) is 29.4 Å². The smallest absolute Gasteiger partial charge is 0.305 e. The van der Waals surface area contributed by atoms with E-state index in [1.54, 1.807) is 18.9 Å². The molecule has 9 nitrogen and oxygen atoms in total. The van der Waals surface area contributed by atoms with Crippen molar-refractivity contribution in [3.63, 3.8) is 0 Å². The van der Waals surface area contributed by atoms with Gasteiger partial charge in [0.1, 0.15) is 5.75 Å². The number of amides is 2. The second-order valence-electron chi connectivity index (χ2n) is 9.99. The highest BCUT2D eigenvalue weighted by Gasteiger charge is 2.69. The average molecular weight is 536 g/mol. The third-order valence-electron chi connectivity index (χ3n) is 8.52. The van der Waals surface area contributed by atoms with Crippen molar-refractivity contribution in [1.29, 1.82) is 0 Å². The number of aromatic nitrogens is 1. The number of H-pyrrole nitrogens is 1. The Morgan fingerprint density at radius 2 is 1.73 bits per heavy atom. The Morgan fingerprint density at radius 1 is 1.03 bits per heavy atom. The molecule has 2 amide bonds. The number of nitrogens with one attached hydrogen (secondary N) is 1. The van der Waals surface area contributed by atoms with E-state index in [1.165, 1.54) is 40.5 Å². The van der Waals surface area contributed by atoms with E-state index in [9.17, 15) is 24.5 Å².